The molecule has 1 aliphatic rings. The molecule has 0 nitrogen and oxygen atoms in total. The van der Waals surface area contributed by atoms with Crippen LogP contribution in [0, 0.1) is 29.2 Å². The molecule has 0 bridgehead atoms. The molecule has 1 unspecified atom stereocenters. The second-order valence-electron chi connectivity index (χ2n) is 5.87. The normalized spacial score (nSPS) is 17.4. The predicted molar refractivity (Wildman–Crippen MR) is 77.5 cm³/mol. The fourth-order valence-electron chi connectivity index (χ4n) is 3.14. The first kappa shape index (κ1) is 15.1. The average molecular weight is 308 g/mol. The fraction of sp³-hybridized carbons (Fsp3) is 0.333. The number of fused-ring (bicyclic) bond motifs is 1. The highest BCUT2D eigenvalue weighted by atomic mass is 19.2. The summed E-state index contributed by atoms with van der Waals surface area (Å²) in [4.78, 5) is 0. The van der Waals surface area contributed by atoms with Gasteiger partial charge in [0, 0.05) is 5.56 Å². The van der Waals surface area contributed by atoms with E-state index in [2.05, 4.69) is 6.92 Å². The van der Waals surface area contributed by atoms with Gasteiger partial charge in [0.15, 0.2) is 17.5 Å². The van der Waals surface area contributed by atoms with Crippen LogP contribution < -0.4 is 0 Å². The van der Waals surface area contributed by atoms with Gasteiger partial charge in [-0.15, -0.1) is 0 Å². The molecule has 2 aromatic rings. The zero-order valence-electron chi connectivity index (χ0n) is 12.2. The molecule has 0 amide bonds. The minimum absolute atomic E-state index is 0.0225. The number of hydrogen-bond acceptors (Lipinski definition) is 0. The van der Waals surface area contributed by atoms with E-state index < -0.39 is 23.3 Å². The zero-order valence-corrected chi connectivity index (χ0v) is 12.2. The smallest absolute Gasteiger partial charge is 0.194 e. The van der Waals surface area contributed by atoms with Gasteiger partial charge in [0.2, 0.25) is 0 Å². The van der Waals surface area contributed by atoms with Gasteiger partial charge in [-0.1, -0.05) is 13.3 Å². The highest BCUT2D eigenvalue weighted by Crippen LogP contribution is 2.33. The maximum atomic E-state index is 14.3. The Labute approximate surface area is 126 Å². The van der Waals surface area contributed by atoms with Gasteiger partial charge in [0.1, 0.15) is 5.82 Å². The summed E-state index contributed by atoms with van der Waals surface area (Å²) in [6.07, 6.45) is 3.74. The fourth-order valence-corrected chi connectivity index (χ4v) is 3.14. The summed E-state index contributed by atoms with van der Waals surface area (Å²) >= 11 is 0. The molecule has 3 rings (SSSR count). The second-order valence-corrected chi connectivity index (χ2v) is 5.87. The van der Waals surface area contributed by atoms with E-state index in [1.807, 2.05) is 0 Å². The number of rotatable bonds is 2. The molecule has 4 heteroatoms. The van der Waals surface area contributed by atoms with E-state index in [0.717, 1.165) is 48.9 Å². The van der Waals surface area contributed by atoms with Crippen LogP contribution in [0.5, 0.6) is 0 Å². The maximum Gasteiger partial charge on any atom is 0.194 e. The Balaban J connectivity index is 2.06. The van der Waals surface area contributed by atoms with Crippen molar-refractivity contribution in [2.24, 2.45) is 5.92 Å². The molecule has 1 atom stereocenters. The standard InChI is InChI=1S/C18H16F4/c1-2-10-3-4-11-6-14(15(19)7-12(11)5-10)13-8-16(20)18(22)17(21)9-13/h6-10H,2-5H2,1H3. The number of benzene rings is 2. The lowest BCUT2D eigenvalue weighted by Gasteiger charge is -2.24. The zero-order chi connectivity index (χ0) is 15.9. The average Bonchev–Trinajstić information content (AvgIpc) is 2.50. The second kappa shape index (κ2) is 5.75. The summed E-state index contributed by atoms with van der Waals surface area (Å²) in [7, 11) is 0. The first-order valence-electron chi connectivity index (χ1n) is 7.45. The van der Waals surface area contributed by atoms with E-state index in [1.165, 1.54) is 6.07 Å². The van der Waals surface area contributed by atoms with Crippen molar-refractivity contribution in [2.75, 3.05) is 0 Å². The van der Waals surface area contributed by atoms with Gasteiger partial charge >= 0.3 is 0 Å². The van der Waals surface area contributed by atoms with E-state index in [-0.39, 0.29) is 11.1 Å². The molecule has 0 aromatic heterocycles. The molecule has 2 aromatic carbocycles. The van der Waals surface area contributed by atoms with Crippen molar-refractivity contribution in [1.29, 1.82) is 0 Å². The highest BCUT2D eigenvalue weighted by molar-refractivity contribution is 5.66. The van der Waals surface area contributed by atoms with Crippen LogP contribution in [0.25, 0.3) is 11.1 Å². The van der Waals surface area contributed by atoms with Crippen molar-refractivity contribution in [3.63, 3.8) is 0 Å². The molecule has 22 heavy (non-hydrogen) atoms. The van der Waals surface area contributed by atoms with Crippen molar-refractivity contribution < 1.29 is 17.6 Å². The van der Waals surface area contributed by atoms with Crippen LogP contribution in [0.2, 0.25) is 0 Å². The van der Waals surface area contributed by atoms with Gasteiger partial charge in [0.25, 0.3) is 0 Å². The molecule has 0 N–H and O–H groups in total. The van der Waals surface area contributed by atoms with E-state index in [9.17, 15) is 17.6 Å². The van der Waals surface area contributed by atoms with Gasteiger partial charge in [-0.05, 0) is 66.1 Å². The minimum Gasteiger partial charge on any atom is -0.206 e. The third-order valence-corrected chi connectivity index (χ3v) is 4.49. The first-order chi connectivity index (χ1) is 10.5. The summed E-state index contributed by atoms with van der Waals surface area (Å²) in [5, 5.41) is 0. The monoisotopic (exact) mass is 308 g/mol. The van der Waals surface area contributed by atoms with Gasteiger partial charge in [-0.25, -0.2) is 17.6 Å². The molecular weight excluding hydrogens is 292 g/mol. The SMILES string of the molecule is CCC1CCc2cc(-c3cc(F)c(F)c(F)c3)c(F)cc2C1. The number of hydrogen-bond donors (Lipinski definition) is 0. The lowest BCUT2D eigenvalue weighted by Crippen LogP contribution is -2.14. The third-order valence-electron chi connectivity index (χ3n) is 4.49. The Morgan fingerprint density at radius 2 is 1.59 bits per heavy atom. The molecule has 0 saturated heterocycles. The predicted octanol–water partition coefficient (Wildman–Crippen LogP) is 5.42. The van der Waals surface area contributed by atoms with Crippen molar-refractivity contribution in [1.82, 2.24) is 0 Å². The van der Waals surface area contributed by atoms with Crippen LogP contribution in [0.1, 0.15) is 30.9 Å². The van der Waals surface area contributed by atoms with E-state index in [4.69, 9.17) is 0 Å². The third kappa shape index (κ3) is 2.62. The van der Waals surface area contributed by atoms with Crippen molar-refractivity contribution in [3.05, 3.63) is 58.7 Å². The largest absolute Gasteiger partial charge is 0.206 e. The molecular formula is C18H16F4. The van der Waals surface area contributed by atoms with Crippen LogP contribution in [-0.2, 0) is 12.8 Å². The van der Waals surface area contributed by atoms with Gasteiger partial charge in [-0.3, -0.25) is 0 Å². The van der Waals surface area contributed by atoms with E-state index >= 15 is 0 Å². The summed E-state index contributed by atoms with van der Waals surface area (Å²) in [6.45, 7) is 2.12. The van der Waals surface area contributed by atoms with Crippen LogP contribution in [0.4, 0.5) is 17.6 Å². The van der Waals surface area contributed by atoms with Crippen LogP contribution >= 0.6 is 0 Å². The highest BCUT2D eigenvalue weighted by Gasteiger charge is 2.21. The molecule has 116 valence electrons. The minimum atomic E-state index is -1.53. The Bertz CT molecular complexity index is 698. The lowest BCUT2D eigenvalue weighted by atomic mass is 9.81. The van der Waals surface area contributed by atoms with Crippen LogP contribution in [0.15, 0.2) is 24.3 Å². The maximum absolute atomic E-state index is 14.3. The molecule has 0 spiro atoms. The van der Waals surface area contributed by atoms with Crippen LogP contribution in [0.3, 0.4) is 0 Å². The Kier molecular flexibility index (Phi) is 3.94. The van der Waals surface area contributed by atoms with Gasteiger partial charge in [0.05, 0.1) is 0 Å². The van der Waals surface area contributed by atoms with E-state index in [0.29, 0.717) is 5.92 Å². The van der Waals surface area contributed by atoms with Crippen LogP contribution in [-0.4, -0.2) is 0 Å². The Morgan fingerprint density at radius 3 is 2.23 bits per heavy atom. The summed E-state index contributed by atoms with van der Waals surface area (Å²) < 4.78 is 54.1. The summed E-state index contributed by atoms with van der Waals surface area (Å²) in [5.74, 6) is -4.12. The van der Waals surface area contributed by atoms with Crippen molar-refractivity contribution in [3.8, 4) is 11.1 Å². The van der Waals surface area contributed by atoms with Gasteiger partial charge in [-0.2, -0.15) is 0 Å². The van der Waals surface area contributed by atoms with Crippen molar-refractivity contribution >= 4 is 0 Å². The summed E-state index contributed by atoms with van der Waals surface area (Å²) in [5.41, 5.74) is 2.11. The quantitative estimate of drug-likeness (QED) is 0.513. The molecule has 0 heterocycles. The first-order valence-corrected chi connectivity index (χ1v) is 7.45. The number of aryl methyl sites for hydroxylation is 1. The van der Waals surface area contributed by atoms with Gasteiger partial charge < -0.3 is 0 Å². The topological polar surface area (TPSA) is 0 Å². The summed E-state index contributed by atoms with van der Waals surface area (Å²) in [6, 6.07) is 4.76. The van der Waals surface area contributed by atoms with Crippen molar-refractivity contribution in [2.45, 2.75) is 32.6 Å². The molecule has 0 saturated carbocycles. The molecule has 1 aliphatic carbocycles. The Hall–Kier alpha value is -1.84. The molecule has 0 radical (unpaired) electrons. The van der Waals surface area contributed by atoms with E-state index in [1.54, 1.807) is 6.07 Å². The Morgan fingerprint density at radius 1 is 0.909 bits per heavy atom. The number of halogens is 4. The lowest BCUT2D eigenvalue weighted by molar-refractivity contribution is 0.443. The molecule has 0 aliphatic heterocycles. The molecule has 0 fully saturated rings.